The van der Waals surface area contributed by atoms with Crippen LogP contribution in [0.1, 0.15) is 60.4 Å². The number of carbonyl (C=O) groups is 2. The fraction of sp³-hybridized carbons (Fsp3) is 0.450. The lowest BCUT2D eigenvalue weighted by Crippen LogP contribution is -2.34. The molecule has 2 aromatic rings. The highest BCUT2D eigenvalue weighted by Crippen LogP contribution is 2.22. The summed E-state index contributed by atoms with van der Waals surface area (Å²) in [6.45, 7) is 9.35. The zero-order valence-electron chi connectivity index (χ0n) is 16.4. The van der Waals surface area contributed by atoms with E-state index in [2.05, 4.69) is 15.7 Å². The van der Waals surface area contributed by atoms with Gasteiger partial charge in [0, 0.05) is 25.2 Å². The first kappa shape index (κ1) is 19.7. The molecule has 26 heavy (non-hydrogen) atoms. The van der Waals surface area contributed by atoms with Gasteiger partial charge in [-0.15, -0.1) is 0 Å². The molecule has 1 aromatic heterocycles. The van der Waals surface area contributed by atoms with Crippen molar-refractivity contribution in [3.8, 4) is 0 Å². The van der Waals surface area contributed by atoms with Crippen LogP contribution in [0.25, 0.3) is 0 Å². The van der Waals surface area contributed by atoms with Gasteiger partial charge in [-0.25, -0.2) is 0 Å². The highest BCUT2D eigenvalue weighted by atomic mass is 16.2. The predicted octanol–water partition coefficient (Wildman–Crippen LogP) is 2.79. The Labute approximate surface area is 155 Å². The highest BCUT2D eigenvalue weighted by Gasteiger charge is 2.21. The third kappa shape index (κ3) is 4.71. The van der Waals surface area contributed by atoms with Gasteiger partial charge >= 0.3 is 0 Å². The molecule has 2 amide bonds. The molecule has 2 rings (SSSR count). The molecule has 0 radical (unpaired) electrons. The average molecular weight is 356 g/mol. The molecule has 2 atom stereocenters. The molecule has 0 fully saturated rings. The van der Waals surface area contributed by atoms with E-state index in [0.29, 0.717) is 0 Å². The minimum Gasteiger partial charge on any atom is -0.349 e. The number of rotatable bonds is 6. The van der Waals surface area contributed by atoms with Crippen LogP contribution < -0.4 is 10.6 Å². The van der Waals surface area contributed by atoms with E-state index in [4.69, 9.17) is 0 Å². The summed E-state index contributed by atoms with van der Waals surface area (Å²) in [5.41, 5.74) is 5.03. The van der Waals surface area contributed by atoms with Gasteiger partial charge in [-0.3, -0.25) is 14.3 Å². The summed E-state index contributed by atoms with van der Waals surface area (Å²) in [6, 6.07) is 7.35. The van der Waals surface area contributed by atoms with Crippen LogP contribution >= 0.6 is 0 Å². The van der Waals surface area contributed by atoms with Crippen LogP contribution in [0.5, 0.6) is 0 Å². The lowest BCUT2D eigenvalue weighted by atomic mass is 10.0. The summed E-state index contributed by atoms with van der Waals surface area (Å²) >= 11 is 0. The Morgan fingerprint density at radius 1 is 1.12 bits per heavy atom. The van der Waals surface area contributed by atoms with Gasteiger partial charge < -0.3 is 10.6 Å². The van der Waals surface area contributed by atoms with Gasteiger partial charge in [0.15, 0.2) is 0 Å². The molecule has 1 aromatic carbocycles. The summed E-state index contributed by atoms with van der Waals surface area (Å²) in [4.78, 5) is 24.2. The number of hydrogen-bond donors (Lipinski definition) is 2. The molecular formula is C20H28N4O2. The zero-order chi connectivity index (χ0) is 19.4. The summed E-state index contributed by atoms with van der Waals surface area (Å²) in [5.74, 6) is -0.269. The Morgan fingerprint density at radius 2 is 1.73 bits per heavy atom. The summed E-state index contributed by atoms with van der Waals surface area (Å²) < 4.78 is 1.82. The van der Waals surface area contributed by atoms with Crippen LogP contribution in [0.3, 0.4) is 0 Å². The number of nitrogens with one attached hydrogen (secondary N) is 2. The topological polar surface area (TPSA) is 76.0 Å². The fourth-order valence-electron chi connectivity index (χ4n) is 3.27. The molecule has 0 aliphatic carbocycles. The van der Waals surface area contributed by atoms with Crippen molar-refractivity contribution in [3.05, 3.63) is 52.3 Å². The lowest BCUT2D eigenvalue weighted by molar-refractivity contribution is -0.123. The van der Waals surface area contributed by atoms with E-state index in [0.717, 1.165) is 28.1 Å². The van der Waals surface area contributed by atoms with E-state index in [1.54, 1.807) is 0 Å². The number of aromatic nitrogens is 2. The minimum atomic E-state index is -0.351. The number of benzene rings is 1. The van der Waals surface area contributed by atoms with Crippen LogP contribution in [0.15, 0.2) is 24.3 Å². The first-order valence-electron chi connectivity index (χ1n) is 8.82. The van der Waals surface area contributed by atoms with Gasteiger partial charge in [0.2, 0.25) is 11.8 Å². The maximum absolute atomic E-state index is 12.6. The fourth-order valence-corrected chi connectivity index (χ4v) is 3.27. The van der Waals surface area contributed by atoms with E-state index in [9.17, 15) is 9.59 Å². The molecule has 0 spiro atoms. The average Bonchev–Trinajstić information content (AvgIpc) is 2.79. The quantitative estimate of drug-likeness (QED) is 0.836. The highest BCUT2D eigenvalue weighted by molar-refractivity contribution is 5.79. The van der Waals surface area contributed by atoms with Crippen LogP contribution in [0.2, 0.25) is 0 Å². The SMILES string of the molecule is CC(=O)NC(CC(=O)NC(C)c1c(C)nn(C)c1C)c1ccc(C)cc1. The Bertz CT molecular complexity index is 793. The van der Waals surface area contributed by atoms with Crippen molar-refractivity contribution in [2.45, 2.75) is 53.1 Å². The van der Waals surface area contributed by atoms with Gasteiger partial charge in [-0.1, -0.05) is 29.8 Å². The van der Waals surface area contributed by atoms with Crippen molar-refractivity contribution in [2.75, 3.05) is 0 Å². The van der Waals surface area contributed by atoms with Crippen molar-refractivity contribution < 1.29 is 9.59 Å². The Hall–Kier alpha value is -2.63. The normalized spacial score (nSPS) is 13.2. The van der Waals surface area contributed by atoms with Gasteiger partial charge in [-0.05, 0) is 33.3 Å². The number of carbonyl (C=O) groups excluding carboxylic acids is 2. The molecule has 0 aliphatic heterocycles. The number of amides is 2. The van der Waals surface area contributed by atoms with Crippen molar-refractivity contribution in [3.63, 3.8) is 0 Å². The molecule has 6 heteroatoms. The first-order valence-corrected chi connectivity index (χ1v) is 8.82. The maximum Gasteiger partial charge on any atom is 0.222 e. The van der Waals surface area contributed by atoms with Crippen LogP contribution in [0.4, 0.5) is 0 Å². The second kappa shape index (κ2) is 8.17. The van der Waals surface area contributed by atoms with E-state index < -0.39 is 0 Å². The standard InChI is InChI=1S/C20H28N4O2/c1-12-7-9-17(10-8-12)18(22-16(5)25)11-19(26)21-13(2)20-14(3)23-24(6)15(20)4/h7-10,13,18H,11H2,1-6H3,(H,21,26)(H,22,25). The van der Waals surface area contributed by atoms with Crippen LogP contribution in [-0.4, -0.2) is 21.6 Å². The second-order valence-electron chi connectivity index (χ2n) is 6.87. The van der Waals surface area contributed by atoms with Gasteiger partial charge in [-0.2, -0.15) is 5.10 Å². The maximum atomic E-state index is 12.6. The Kier molecular flexibility index (Phi) is 6.18. The van der Waals surface area contributed by atoms with Crippen molar-refractivity contribution >= 4 is 11.8 Å². The Morgan fingerprint density at radius 3 is 2.23 bits per heavy atom. The number of hydrogen-bond acceptors (Lipinski definition) is 3. The summed E-state index contributed by atoms with van der Waals surface area (Å²) in [6.07, 6.45) is 0.186. The Balaban J connectivity index is 2.11. The molecule has 0 bridgehead atoms. The van der Waals surface area contributed by atoms with Gasteiger partial charge in [0.1, 0.15) is 0 Å². The van der Waals surface area contributed by atoms with E-state index in [1.165, 1.54) is 6.92 Å². The van der Waals surface area contributed by atoms with Crippen LogP contribution in [-0.2, 0) is 16.6 Å². The van der Waals surface area contributed by atoms with Crippen LogP contribution in [0, 0.1) is 20.8 Å². The summed E-state index contributed by atoms with van der Waals surface area (Å²) in [7, 11) is 1.89. The molecule has 140 valence electrons. The molecular weight excluding hydrogens is 328 g/mol. The molecule has 0 aliphatic rings. The molecule has 2 unspecified atom stereocenters. The smallest absolute Gasteiger partial charge is 0.222 e. The third-order valence-electron chi connectivity index (χ3n) is 4.62. The van der Waals surface area contributed by atoms with E-state index in [1.807, 2.05) is 63.7 Å². The minimum absolute atomic E-state index is 0.112. The third-order valence-corrected chi connectivity index (χ3v) is 4.62. The predicted molar refractivity (Wildman–Crippen MR) is 102 cm³/mol. The molecule has 1 heterocycles. The molecule has 6 nitrogen and oxygen atoms in total. The lowest BCUT2D eigenvalue weighted by Gasteiger charge is -2.20. The summed E-state index contributed by atoms with van der Waals surface area (Å²) in [5, 5.41) is 10.3. The largest absolute Gasteiger partial charge is 0.349 e. The van der Waals surface area contributed by atoms with Crippen molar-refractivity contribution in [1.82, 2.24) is 20.4 Å². The van der Waals surface area contributed by atoms with E-state index in [-0.39, 0.29) is 30.3 Å². The van der Waals surface area contributed by atoms with Crippen molar-refractivity contribution in [2.24, 2.45) is 7.05 Å². The monoisotopic (exact) mass is 356 g/mol. The van der Waals surface area contributed by atoms with Crippen molar-refractivity contribution in [1.29, 1.82) is 0 Å². The molecule has 2 N–H and O–H groups in total. The first-order chi connectivity index (χ1) is 12.2. The number of aryl methyl sites for hydroxylation is 3. The second-order valence-corrected chi connectivity index (χ2v) is 6.87. The van der Waals surface area contributed by atoms with Gasteiger partial charge in [0.05, 0.1) is 24.2 Å². The molecule has 0 saturated carbocycles. The number of nitrogens with zero attached hydrogens (tertiary/aromatic N) is 2. The van der Waals surface area contributed by atoms with Gasteiger partial charge in [0.25, 0.3) is 0 Å². The zero-order valence-corrected chi connectivity index (χ0v) is 16.4. The molecule has 0 saturated heterocycles. The van der Waals surface area contributed by atoms with E-state index >= 15 is 0 Å².